The highest BCUT2D eigenvalue weighted by molar-refractivity contribution is 5.81. The van der Waals surface area contributed by atoms with E-state index < -0.39 is 0 Å². The lowest BCUT2D eigenvalue weighted by Gasteiger charge is -2.27. The summed E-state index contributed by atoms with van der Waals surface area (Å²) in [7, 11) is 3.35. The highest BCUT2D eigenvalue weighted by atomic mass is 16.5. The molecule has 2 heterocycles. The lowest BCUT2D eigenvalue weighted by molar-refractivity contribution is -0.145. The molecule has 0 aliphatic carbocycles. The highest BCUT2D eigenvalue weighted by Crippen LogP contribution is 2.38. The Morgan fingerprint density at radius 3 is 2.72 bits per heavy atom. The fourth-order valence-corrected chi connectivity index (χ4v) is 5.83. The maximum Gasteiger partial charge on any atom is 0.309 e. The van der Waals surface area contributed by atoms with Crippen molar-refractivity contribution >= 4 is 17.0 Å². The van der Waals surface area contributed by atoms with Crippen LogP contribution in [0.15, 0.2) is 54.6 Å². The summed E-state index contributed by atoms with van der Waals surface area (Å²) in [6.45, 7) is 10.9. The summed E-state index contributed by atoms with van der Waals surface area (Å²) < 4.78 is 13.3. The van der Waals surface area contributed by atoms with E-state index in [1.54, 1.807) is 4.68 Å². The lowest BCUT2D eigenvalue weighted by Crippen LogP contribution is -2.32. The maximum absolute atomic E-state index is 12.9. The number of aromatic nitrogens is 3. The number of hydrogen-bond donors (Lipinski definition) is 0. The molecule has 5 rings (SSSR count). The first kappa shape index (κ1) is 26.9. The van der Waals surface area contributed by atoms with Crippen LogP contribution in [0.3, 0.4) is 0 Å². The average molecular weight is 527 g/mol. The molecule has 3 aromatic carbocycles. The van der Waals surface area contributed by atoms with Gasteiger partial charge in [-0.1, -0.05) is 61.5 Å². The molecule has 0 spiro atoms. The number of ether oxygens (including phenoxy) is 2. The monoisotopic (exact) mass is 526 g/mol. The Balaban J connectivity index is 1.54. The lowest BCUT2D eigenvalue weighted by atomic mass is 9.78. The third kappa shape index (κ3) is 5.28. The highest BCUT2D eigenvalue weighted by Gasteiger charge is 2.31. The second-order valence-electron chi connectivity index (χ2n) is 10.8. The van der Waals surface area contributed by atoms with E-state index in [0.717, 1.165) is 59.5 Å². The Bertz CT molecular complexity index is 1490. The van der Waals surface area contributed by atoms with E-state index in [-0.39, 0.29) is 23.9 Å². The fourth-order valence-electron chi connectivity index (χ4n) is 5.83. The van der Waals surface area contributed by atoms with Crippen molar-refractivity contribution in [1.82, 2.24) is 19.9 Å². The molecule has 3 atom stereocenters. The number of rotatable bonds is 7. The van der Waals surface area contributed by atoms with Gasteiger partial charge in [0.05, 0.1) is 18.5 Å². The molecule has 0 unspecified atom stereocenters. The van der Waals surface area contributed by atoms with Crippen LogP contribution in [0.25, 0.3) is 11.0 Å². The van der Waals surface area contributed by atoms with Gasteiger partial charge < -0.3 is 9.47 Å². The number of fused-ring (bicyclic) bond motifs is 2. The Morgan fingerprint density at radius 2 is 1.95 bits per heavy atom. The standard InChI is InChI=1S/C32H38N4O3/c1-7-26-19-36(17-24-10-8-9-11-29(24)39-26)18-25-16-23(13-12-20(25)2)30(22(4)32(37)38-6)27-14-15-28-31(21(27)3)33-34-35(28)5/h8-16,22,26,30H,7,17-19H2,1-6H3/t22-,26+,30-/m0/s1. The van der Waals surface area contributed by atoms with E-state index in [1.807, 2.05) is 26.1 Å². The molecule has 0 radical (unpaired) electrons. The summed E-state index contributed by atoms with van der Waals surface area (Å²) in [5, 5.41) is 8.62. The molecule has 39 heavy (non-hydrogen) atoms. The molecular weight excluding hydrogens is 488 g/mol. The van der Waals surface area contributed by atoms with Gasteiger partial charge in [-0.2, -0.15) is 0 Å². The van der Waals surface area contributed by atoms with E-state index in [1.165, 1.54) is 23.8 Å². The zero-order valence-electron chi connectivity index (χ0n) is 23.8. The van der Waals surface area contributed by atoms with Crippen LogP contribution in [0, 0.1) is 19.8 Å². The molecule has 1 aromatic heterocycles. The molecule has 204 valence electrons. The third-order valence-corrected chi connectivity index (χ3v) is 8.19. The van der Waals surface area contributed by atoms with Gasteiger partial charge in [-0.25, -0.2) is 4.68 Å². The van der Waals surface area contributed by atoms with Gasteiger partial charge in [0.2, 0.25) is 0 Å². The molecule has 0 amide bonds. The van der Waals surface area contributed by atoms with Gasteiger partial charge in [0, 0.05) is 38.2 Å². The number of benzene rings is 3. The van der Waals surface area contributed by atoms with Gasteiger partial charge in [0.1, 0.15) is 17.4 Å². The van der Waals surface area contributed by atoms with Gasteiger partial charge in [-0.15, -0.1) is 5.10 Å². The second-order valence-corrected chi connectivity index (χ2v) is 10.8. The minimum Gasteiger partial charge on any atom is -0.489 e. The number of hydrogen-bond acceptors (Lipinski definition) is 6. The summed E-state index contributed by atoms with van der Waals surface area (Å²) in [6.07, 6.45) is 1.10. The van der Waals surface area contributed by atoms with Crippen LogP contribution in [0.2, 0.25) is 0 Å². The summed E-state index contributed by atoms with van der Waals surface area (Å²) in [6, 6.07) is 19.1. The van der Waals surface area contributed by atoms with Gasteiger partial charge >= 0.3 is 5.97 Å². The van der Waals surface area contributed by atoms with E-state index in [4.69, 9.17) is 9.47 Å². The van der Waals surface area contributed by atoms with Crippen molar-refractivity contribution < 1.29 is 14.3 Å². The van der Waals surface area contributed by atoms with Crippen molar-refractivity contribution in [3.05, 3.63) is 88.0 Å². The Labute approximate surface area is 230 Å². The van der Waals surface area contributed by atoms with E-state index >= 15 is 0 Å². The zero-order valence-corrected chi connectivity index (χ0v) is 23.8. The normalized spacial score (nSPS) is 17.2. The van der Waals surface area contributed by atoms with Crippen molar-refractivity contribution in [2.75, 3.05) is 13.7 Å². The molecule has 1 aliphatic rings. The van der Waals surface area contributed by atoms with Gasteiger partial charge in [0.25, 0.3) is 0 Å². The molecular formula is C32H38N4O3. The molecule has 4 aromatic rings. The van der Waals surface area contributed by atoms with E-state index in [0.29, 0.717) is 0 Å². The molecule has 0 bridgehead atoms. The molecule has 7 heteroatoms. The van der Waals surface area contributed by atoms with Crippen molar-refractivity contribution in [3.8, 4) is 5.75 Å². The molecule has 0 N–H and O–H groups in total. The first-order valence-electron chi connectivity index (χ1n) is 13.7. The van der Waals surface area contributed by atoms with Crippen molar-refractivity contribution in [2.45, 2.75) is 59.2 Å². The Morgan fingerprint density at radius 1 is 1.15 bits per heavy atom. The molecule has 0 fully saturated rings. The van der Waals surface area contributed by atoms with Crippen LogP contribution in [0.5, 0.6) is 5.75 Å². The number of carbonyl (C=O) groups excluding carboxylic acids is 1. The van der Waals surface area contributed by atoms with E-state index in [2.05, 4.69) is 78.4 Å². The van der Waals surface area contributed by atoms with Crippen molar-refractivity contribution in [2.24, 2.45) is 13.0 Å². The van der Waals surface area contributed by atoms with Crippen LogP contribution in [-0.4, -0.2) is 45.6 Å². The van der Waals surface area contributed by atoms with Crippen LogP contribution in [-0.2, 0) is 29.7 Å². The molecule has 0 saturated carbocycles. The largest absolute Gasteiger partial charge is 0.489 e. The van der Waals surface area contributed by atoms with Crippen LogP contribution < -0.4 is 4.74 Å². The minimum absolute atomic E-state index is 0.144. The predicted octanol–water partition coefficient (Wildman–Crippen LogP) is 5.70. The number of para-hydroxylation sites is 1. The fraction of sp³-hybridized carbons (Fsp3) is 0.406. The molecule has 0 saturated heterocycles. The van der Waals surface area contributed by atoms with Gasteiger partial charge in [-0.05, 0) is 60.2 Å². The van der Waals surface area contributed by atoms with Crippen LogP contribution in [0.4, 0.5) is 0 Å². The number of nitrogens with zero attached hydrogens (tertiary/aromatic N) is 4. The summed E-state index contributed by atoms with van der Waals surface area (Å²) in [5.74, 6) is 0.202. The quantitative estimate of drug-likeness (QED) is 0.288. The number of esters is 1. The third-order valence-electron chi connectivity index (χ3n) is 8.19. The summed E-state index contributed by atoms with van der Waals surface area (Å²) >= 11 is 0. The molecule has 1 aliphatic heterocycles. The Kier molecular flexibility index (Phi) is 7.71. The smallest absolute Gasteiger partial charge is 0.309 e. The Hall–Kier alpha value is -3.71. The maximum atomic E-state index is 12.9. The molecule has 7 nitrogen and oxygen atoms in total. The number of methoxy groups -OCH3 is 1. The first-order valence-corrected chi connectivity index (χ1v) is 13.7. The summed E-state index contributed by atoms with van der Waals surface area (Å²) in [5.41, 5.74) is 8.73. The van der Waals surface area contributed by atoms with Crippen molar-refractivity contribution in [1.29, 1.82) is 0 Å². The van der Waals surface area contributed by atoms with Crippen molar-refractivity contribution in [3.63, 3.8) is 0 Å². The van der Waals surface area contributed by atoms with E-state index in [9.17, 15) is 4.79 Å². The minimum atomic E-state index is -0.374. The van der Waals surface area contributed by atoms with Gasteiger partial charge in [-0.3, -0.25) is 9.69 Å². The van der Waals surface area contributed by atoms with Crippen LogP contribution in [0.1, 0.15) is 59.6 Å². The second kappa shape index (κ2) is 11.2. The first-order chi connectivity index (χ1) is 18.8. The SMILES string of the molecule is CC[C@@H]1CN(Cc2cc([C@@H](c3ccc4c(nnn4C)c3C)[C@H](C)C(=O)OC)ccc2C)Cc2ccccc2O1. The summed E-state index contributed by atoms with van der Waals surface area (Å²) in [4.78, 5) is 15.4. The van der Waals surface area contributed by atoms with Crippen LogP contribution >= 0.6 is 0 Å². The average Bonchev–Trinajstić information content (AvgIpc) is 3.22. The number of carbonyl (C=O) groups is 1. The predicted molar refractivity (Wildman–Crippen MR) is 153 cm³/mol. The number of aryl methyl sites for hydroxylation is 3. The zero-order chi connectivity index (χ0) is 27.7. The van der Waals surface area contributed by atoms with Gasteiger partial charge in [0.15, 0.2) is 0 Å². The topological polar surface area (TPSA) is 69.5 Å².